The SMILES string of the molecule is C#C[C@]1(COC(=O)C(C)C)O[C@@H](n2cnc3c(NC(=O)OCCCCCCCCCCCCCC)nc(Cl)nc32)C[C@@H]1OC(=O)C(C)C. The van der Waals surface area contributed by atoms with Gasteiger partial charge >= 0.3 is 18.0 Å². The van der Waals surface area contributed by atoms with Crippen molar-refractivity contribution in [1.29, 1.82) is 0 Å². The molecule has 3 atom stereocenters. The molecule has 0 aliphatic carbocycles. The third-order valence-electron chi connectivity index (χ3n) is 8.31. The average molecular weight is 690 g/mol. The smallest absolute Gasteiger partial charge is 0.412 e. The Bertz CT molecular complexity index is 1390. The zero-order valence-electron chi connectivity index (χ0n) is 29.1. The van der Waals surface area contributed by atoms with Gasteiger partial charge in [0.25, 0.3) is 0 Å². The molecule has 2 aromatic heterocycles. The second kappa shape index (κ2) is 19.5. The van der Waals surface area contributed by atoms with Gasteiger partial charge in [-0.15, -0.1) is 6.42 Å². The molecule has 1 aliphatic rings. The Morgan fingerprint density at radius 3 is 2.17 bits per heavy atom. The maximum absolute atomic E-state index is 12.6. The van der Waals surface area contributed by atoms with Crippen molar-refractivity contribution in [2.45, 2.75) is 136 Å². The number of nitrogens with zero attached hydrogens (tertiary/aromatic N) is 4. The number of anilines is 1. The first-order chi connectivity index (χ1) is 23.0. The molecule has 1 amide bonds. The number of rotatable bonds is 20. The number of fused-ring (bicyclic) bond motifs is 1. The van der Waals surface area contributed by atoms with Gasteiger partial charge in [-0.05, 0) is 18.0 Å². The van der Waals surface area contributed by atoms with Gasteiger partial charge in [0.15, 0.2) is 17.0 Å². The van der Waals surface area contributed by atoms with Crippen molar-refractivity contribution in [1.82, 2.24) is 19.5 Å². The summed E-state index contributed by atoms with van der Waals surface area (Å²) in [5.74, 6) is 0.860. The lowest BCUT2D eigenvalue weighted by Crippen LogP contribution is -2.46. The molecule has 0 radical (unpaired) electrons. The first-order valence-corrected chi connectivity index (χ1v) is 17.8. The summed E-state index contributed by atoms with van der Waals surface area (Å²) in [7, 11) is 0. The number of hydrogen-bond acceptors (Lipinski definition) is 10. The standard InChI is InChI=1S/C35H52ClN5O7/c1-7-9-10-11-12-13-14-15-16-17-18-19-20-45-34(44)39-29-28-30(40-33(36)38-29)41(23-37-28)27-21-26(47-32(43)25(5)6)35(8-2,48-27)22-46-31(42)24(3)4/h2,23-27H,7,9-22H2,1,3-6H3,(H,38,39,40,44)/t26-,27+,35+/m0/s1. The average Bonchev–Trinajstić information content (AvgIpc) is 3.63. The van der Waals surface area contributed by atoms with Gasteiger partial charge in [0.1, 0.15) is 18.9 Å². The van der Waals surface area contributed by atoms with Crippen molar-refractivity contribution in [2.24, 2.45) is 11.8 Å². The van der Waals surface area contributed by atoms with Crippen LogP contribution in [0.2, 0.25) is 5.28 Å². The number of hydrogen-bond donors (Lipinski definition) is 1. The largest absolute Gasteiger partial charge is 0.461 e. The number of imidazole rings is 1. The number of carbonyl (C=O) groups is 3. The van der Waals surface area contributed by atoms with Crippen molar-refractivity contribution in [3.8, 4) is 12.3 Å². The van der Waals surface area contributed by atoms with Gasteiger partial charge in [0.05, 0.1) is 24.8 Å². The van der Waals surface area contributed by atoms with Gasteiger partial charge in [-0.25, -0.2) is 9.78 Å². The van der Waals surface area contributed by atoms with E-state index in [1.54, 1.807) is 32.3 Å². The van der Waals surface area contributed by atoms with E-state index < -0.39 is 47.8 Å². The molecule has 3 rings (SSSR count). The van der Waals surface area contributed by atoms with Crippen LogP contribution in [0.4, 0.5) is 10.6 Å². The van der Waals surface area contributed by atoms with E-state index in [0.29, 0.717) is 0 Å². The molecule has 1 N–H and O–H groups in total. The lowest BCUT2D eigenvalue weighted by atomic mass is 9.98. The summed E-state index contributed by atoms with van der Waals surface area (Å²) >= 11 is 6.25. The van der Waals surface area contributed by atoms with Crippen molar-refractivity contribution < 1.29 is 33.3 Å². The number of nitrogens with one attached hydrogen (secondary N) is 1. The molecule has 13 heteroatoms. The number of halogens is 1. The molecule has 1 aliphatic heterocycles. The van der Waals surface area contributed by atoms with Crippen LogP contribution >= 0.6 is 11.6 Å². The molecule has 1 saturated heterocycles. The molecule has 0 spiro atoms. The van der Waals surface area contributed by atoms with Crippen LogP contribution in [0.5, 0.6) is 0 Å². The Morgan fingerprint density at radius 2 is 1.58 bits per heavy atom. The highest BCUT2D eigenvalue weighted by Crippen LogP contribution is 2.41. The van der Waals surface area contributed by atoms with Crippen LogP contribution in [-0.2, 0) is 28.5 Å². The number of aromatic nitrogens is 4. The van der Waals surface area contributed by atoms with E-state index >= 15 is 0 Å². The molecule has 0 aromatic carbocycles. The zero-order valence-corrected chi connectivity index (χ0v) is 29.9. The van der Waals surface area contributed by atoms with Gasteiger partial charge in [0.2, 0.25) is 10.9 Å². The Balaban J connectivity index is 1.58. The number of terminal acetylenes is 1. The summed E-state index contributed by atoms with van der Waals surface area (Å²) in [5, 5.41) is 2.48. The van der Waals surface area contributed by atoms with Gasteiger partial charge in [-0.2, -0.15) is 9.97 Å². The van der Waals surface area contributed by atoms with Crippen LogP contribution in [0.15, 0.2) is 6.33 Å². The van der Waals surface area contributed by atoms with Crippen LogP contribution < -0.4 is 5.32 Å². The van der Waals surface area contributed by atoms with Crippen molar-refractivity contribution in [3.63, 3.8) is 0 Å². The normalized spacial score (nSPS) is 19.1. The lowest BCUT2D eigenvalue weighted by molar-refractivity contribution is -0.170. The summed E-state index contributed by atoms with van der Waals surface area (Å²) in [6.07, 6.45) is 19.6. The summed E-state index contributed by atoms with van der Waals surface area (Å²) in [6, 6.07) is 0. The summed E-state index contributed by atoms with van der Waals surface area (Å²) in [6.45, 7) is 8.99. The van der Waals surface area contributed by atoms with Crippen molar-refractivity contribution >= 4 is 46.6 Å². The van der Waals surface area contributed by atoms with Gasteiger partial charge in [-0.3, -0.25) is 19.5 Å². The second-order valence-corrected chi connectivity index (χ2v) is 13.3. The lowest BCUT2D eigenvalue weighted by Gasteiger charge is -2.29. The monoisotopic (exact) mass is 689 g/mol. The highest BCUT2D eigenvalue weighted by atomic mass is 35.5. The van der Waals surface area contributed by atoms with Gasteiger partial charge in [0, 0.05) is 6.42 Å². The third-order valence-corrected chi connectivity index (χ3v) is 8.48. The number of amides is 1. The molecule has 2 aromatic rings. The number of unbranched alkanes of at least 4 members (excludes halogenated alkanes) is 11. The molecular formula is C35H52ClN5O7. The second-order valence-electron chi connectivity index (χ2n) is 13.0. The van der Waals surface area contributed by atoms with Crippen LogP contribution in [0.25, 0.3) is 11.2 Å². The Hall–Kier alpha value is -3.43. The fraction of sp³-hybridized carbons (Fsp3) is 0.714. The third kappa shape index (κ3) is 11.3. The highest BCUT2D eigenvalue weighted by Gasteiger charge is 2.52. The Morgan fingerprint density at radius 1 is 0.979 bits per heavy atom. The van der Waals surface area contributed by atoms with Crippen molar-refractivity contribution in [2.75, 3.05) is 18.5 Å². The number of carbonyl (C=O) groups excluding carboxylic acids is 3. The maximum atomic E-state index is 12.6. The maximum Gasteiger partial charge on any atom is 0.412 e. The molecule has 0 saturated carbocycles. The molecule has 0 bridgehead atoms. The summed E-state index contributed by atoms with van der Waals surface area (Å²) < 4.78 is 24.4. The van der Waals surface area contributed by atoms with E-state index in [-0.39, 0.29) is 41.9 Å². The number of esters is 2. The van der Waals surface area contributed by atoms with Gasteiger partial charge < -0.3 is 18.9 Å². The first kappa shape index (κ1) is 39.0. The van der Waals surface area contributed by atoms with Crippen LogP contribution in [0.1, 0.15) is 124 Å². The predicted octanol–water partition coefficient (Wildman–Crippen LogP) is 7.79. The Kier molecular flexibility index (Phi) is 15.9. The molecule has 1 fully saturated rings. The van der Waals surface area contributed by atoms with E-state index in [1.165, 1.54) is 64.1 Å². The quantitative estimate of drug-likeness (QED) is 0.0481. The topological polar surface area (TPSA) is 144 Å². The Labute approximate surface area is 289 Å². The minimum absolute atomic E-state index is 0.0679. The van der Waals surface area contributed by atoms with Crippen LogP contribution in [-0.4, -0.2) is 62.5 Å². The first-order valence-electron chi connectivity index (χ1n) is 17.4. The zero-order chi connectivity index (χ0) is 35.1. The molecule has 0 unspecified atom stereocenters. The predicted molar refractivity (Wildman–Crippen MR) is 183 cm³/mol. The minimum Gasteiger partial charge on any atom is -0.461 e. The van der Waals surface area contributed by atoms with Crippen molar-refractivity contribution in [3.05, 3.63) is 11.6 Å². The van der Waals surface area contributed by atoms with E-state index in [9.17, 15) is 14.4 Å². The van der Waals surface area contributed by atoms with E-state index in [4.69, 9.17) is 37.0 Å². The van der Waals surface area contributed by atoms with E-state index in [2.05, 4.69) is 33.1 Å². The number of ether oxygens (including phenoxy) is 4. The summed E-state index contributed by atoms with van der Waals surface area (Å²) in [4.78, 5) is 50.4. The van der Waals surface area contributed by atoms with E-state index in [0.717, 1.165) is 19.3 Å². The molecule has 48 heavy (non-hydrogen) atoms. The highest BCUT2D eigenvalue weighted by molar-refractivity contribution is 6.28. The molecule has 266 valence electrons. The molecular weight excluding hydrogens is 638 g/mol. The summed E-state index contributed by atoms with van der Waals surface area (Å²) in [5.41, 5.74) is -1.07. The molecule has 12 nitrogen and oxygen atoms in total. The van der Waals surface area contributed by atoms with Gasteiger partial charge in [-0.1, -0.05) is 111 Å². The van der Waals surface area contributed by atoms with E-state index in [1.807, 2.05) is 0 Å². The van der Waals surface area contributed by atoms with Crippen LogP contribution in [0.3, 0.4) is 0 Å². The fourth-order valence-corrected chi connectivity index (χ4v) is 5.56. The molecule has 3 heterocycles. The fourth-order valence-electron chi connectivity index (χ4n) is 5.40. The minimum atomic E-state index is -1.56. The van der Waals surface area contributed by atoms with Crippen LogP contribution in [0, 0.1) is 24.2 Å².